The van der Waals surface area contributed by atoms with Gasteiger partial charge in [0.2, 0.25) is 5.78 Å². The SMILES string of the molecule is COc1ccc(C(=O)[C@H](C)OC(=O)c2cc(C)n(Cc3ccco3)c2C)cc1. The topological polar surface area (TPSA) is 70.7 Å². The highest BCUT2D eigenvalue weighted by atomic mass is 16.5. The van der Waals surface area contributed by atoms with E-state index in [0.717, 1.165) is 17.1 Å². The average Bonchev–Trinajstić information content (AvgIpc) is 3.31. The molecule has 0 aliphatic heterocycles. The highest BCUT2D eigenvalue weighted by Crippen LogP contribution is 2.20. The zero-order chi connectivity index (χ0) is 20.3. The molecule has 0 bridgehead atoms. The molecule has 0 aliphatic carbocycles. The third-order valence-corrected chi connectivity index (χ3v) is 4.72. The first-order valence-corrected chi connectivity index (χ1v) is 8.99. The fraction of sp³-hybridized carbons (Fsp3) is 0.273. The summed E-state index contributed by atoms with van der Waals surface area (Å²) in [7, 11) is 1.56. The molecule has 0 spiro atoms. The van der Waals surface area contributed by atoms with Gasteiger partial charge in [0.1, 0.15) is 11.5 Å². The van der Waals surface area contributed by atoms with Gasteiger partial charge in [0.25, 0.3) is 0 Å². The number of carbonyl (C=O) groups excluding carboxylic acids is 2. The van der Waals surface area contributed by atoms with E-state index in [-0.39, 0.29) is 5.78 Å². The van der Waals surface area contributed by atoms with Crippen molar-refractivity contribution in [1.82, 2.24) is 4.57 Å². The standard InChI is InChI=1S/C22H23NO5/c1-14-12-20(15(2)23(14)13-19-6-5-11-27-19)22(25)28-16(3)21(24)17-7-9-18(26-4)10-8-17/h5-12,16H,13H2,1-4H3/t16-/m0/s1. The molecule has 0 fully saturated rings. The molecule has 6 heteroatoms. The largest absolute Gasteiger partial charge is 0.497 e. The van der Waals surface area contributed by atoms with Crippen molar-refractivity contribution < 1.29 is 23.5 Å². The van der Waals surface area contributed by atoms with Crippen molar-refractivity contribution in [3.63, 3.8) is 0 Å². The molecule has 2 aromatic heterocycles. The Morgan fingerprint density at radius 3 is 2.46 bits per heavy atom. The number of methoxy groups -OCH3 is 1. The van der Waals surface area contributed by atoms with Gasteiger partial charge in [0.05, 0.1) is 25.5 Å². The molecule has 6 nitrogen and oxygen atoms in total. The van der Waals surface area contributed by atoms with Crippen LogP contribution in [0, 0.1) is 13.8 Å². The lowest BCUT2D eigenvalue weighted by Gasteiger charge is -2.13. The van der Waals surface area contributed by atoms with E-state index < -0.39 is 12.1 Å². The van der Waals surface area contributed by atoms with E-state index in [9.17, 15) is 9.59 Å². The lowest BCUT2D eigenvalue weighted by Crippen LogP contribution is -2.24. The van der Waals surface area contributed by atoms with Crippen LogP contribution in [0.5, 0.6) is 5.75 Å². The van der Waals surface area contributed by atoms with Gasteiger partial charge in [-0.05, 0) is 63.2 Å². The number of rotatable bonds is 7. The van der Waals surface area contributed by atoms with Crippen LogP contribution >= 0.6 is 0 Å². The van der Waals surface area contributed by atoms with E-state index in [1.165, 1.54) is 0 Å². The Balaban J connectivity index is 1.72. The number of furan rings is 1. The van der Waals surface area contributed by atoms with E-state index in [2.05, 4.69) is 0 Å². The van der Waals surface area contributed by atoms with E-state index >= 15 is 0 Å². The van der Waals surface area contributed by atoms with Crippen LogP contribution in [0.1, 0.15) is 44.8 Å². The molecule has 0 N–H and O–H groups in total. The second kappa shape index (κ2) is 8.17. The van der Waals surface area contributed by atoms with Crippen molar-refractivity contribution in [2.75, 3.05) is 7.11 Å². The number of aryl methyl sites for hydroxylation is 1. The summed E-state index contributed by atoms with van der Waals surface area (Å²) in [6.45, 7) is 5.87. The minimum absolute atomic E-state index is 0.264. The van der Waals surface area contributed by atoms with Crippen molar-refractivity contribution in [3.05, 3.63) is 77.0 Å². The summed E-state index contributed by atoms with van der Waals surface area (Å²) in [4.78, 5) is 25.2. The highest BCUT2D eigenvalue weighted by Gasteiger charge is 2.23. The molecular weight excluding hydrogens is 358 g/mol. The molecule has 1 atom stereocenters. The van der Waals surface area contributed by atoms with Crippen molar-refractivity contribution in [3.8, 4) is 5.75 Å². The number of esters is 1. The molecule has 0 saturated carbocycles. The van der Waals surface area contributed by atoms with Crippen molar-refractivity contribution in [1.29, 1.82) is 0 Å². The second-order valence-electron chi connectivity index (χ2n) is 6.59. The number of hydrogen-bond donors (Lipinski definition) is 0. The third-order valence-electron chi connectivity index (χ3n) is 4.72. The number of hydrogen-bond acceptors (Lipinski definition) is 5. The van der Waals surface area contributed by atoms with E-state index in [0.29, 0.717) is 23.4 Å². The van der Waals surface area contributed by atoms with Gasteiger partial charge in [-0.15, -0.1) is 0 Å². The first kappa shape index (κ1) is 19.5. The van der Waals surface area contributed by atoms with Crippen molar-refractivity contribution >= 4 is 11.8 Å². The van der Waals surface area contributed by atoms with Gasteiger partial charge in [-0.3, -0.25) is 4.79 Å². The zero-order valence-electron chi connectivity index (χ0n) is 16.4. The molecule has 0 aliphatic rings. The number of ketones is 1. The predicted octanol–water partition coefficient (Wildman–Crippen LogP) is 4.18. The molecule has 1 aromatic carbocycles. The predicted molar refractivity (Wildman–Crippen MR) is 104 cm³/mol. The summed E-state index contributed by atoms with van der Waals surface area (Å²) in [6.07, 6.45) is 0.722. The molecule has 0 amide bonds. The zero-order valence-corrected chi connectivity index (χ0v) is 16.4. The quantitative estimate of drug-likeness (QED) is 0.453. The Morgan fingerprint density at radius 1 is 1.14 bits per heavy atom. The molecule has 2 heterocycles. The average molecular weight is 381 g/mol. The summed E-state index contributed by atoms with van der Waals surface area (Å²) >= 11 is 0. The van der Waals surface area contributed by atoms with Gasteiger partial charge in [-0.2, -0.15) is 0 Å². The maximum Gasteiger partial charge on any atom is 0.340 e. The lowest BCUT2D eigenvalue weighted by molar-refractivity contribution is 0.0318. The summed E-state index contributed by atoms with van der Waals surface area (Å²) in [5.74, 6) is 0.670. The Bertz CT molecular complexity index is 967. The van der Waals surface area contributed by atoms with Crippen LogP contribution in [0.3, 0.4) is 0 Å². The molecular formula is C22H23NO5. The van der Waals surface area contributed by atoms with E-state index in [1.807, 2.05) is 30.5 Å². The van der Waals surface area contributed by atoms with Gasteiger partial charge in [0, 0.05) is 17.0 Å². The summed E-state index contributed by atoms with van der Waals surface area (Å²) in [5, 5.41) is 0. The third kappa shape index (κ3) is 4.01. The fourth-order valence-corrected chi connectivity index (χ4v) is 3.08. The summed E-state index contributed by atoms with van der Waals surface area (Å²) in [6, 6.07) is 12.2. The minimum Gasteiger partial charge on any atom is -0.497 e. The molecule has 3 rings (SSSR count). The monoisotopic (exact) mass is 381 g/mol. The number of carbonyl (C=O) groups is 2. The Hall–Kier alpha value is -3.28. The van der Waals surface area contributed by atoms with Gasteiger partial charge in [0.15, 0.2) is 6.10 Å². The highest BCUT2D eigenvalue weighted by molar-refractivity contribution is 6.01. The van der Waals surface area contributed by atoms with E-state index in [1.54, 1.807) is 50.6 Å². The number of ether oxygens (including phenoxy) is 2. The molecule has 3 aromatic rings. The van der Waals surface area contributed by atoms with Crippen LogP contribution in [0.15, 0.2) is 53.1 Å². The van der Waals surface area contributed by atoms with Crippen LogP contribution in [-0.2, 0) is 11.3 Å². The molecule has 28 heavy (non-hydrogen) atoms. The van der Waals surface area contributed by atoms with Crippen LogP contribution < -0.4 is 4.74 Å². The number of aromatic nitrogens is 1. The number of benzene rings is 1. The minimum atomic E-state index is -0.894. The maximum atomic E-state index is 12.6. The lowest BCUT2D eigenvalue weighted by atomic mass is 10.1. The number of Topliss-reactive ketones (excluding diaryl/α,β-unsaturated/α-hetero) is 1. The van der Waals surface area contributed by atoms with Crippen LogP contribution in [0.2, 0.25) is 0 Å². The van der Waals surface area contributed by atoms with Crippen LogP contribution in [0.25, 0.3) is 0 Å². The van der Waals surface area contributed by atoms with Crippen LogP contribution in [-0.4, -0.2) is 29.5 Å². The van der Waals surface area contributed by atoms with Gasteiger partial charge in [-0.25, -0.2) is 4.79 Å². The first-order chi connectivity index (χ1) is 13.4. The van der Waals surface area contributed by atoms with Gasteiger partial charge in [-0.1, -0.05) is 0 Å². The Labute approximate surface area is 163 Å². The number of nitrogens with zero attached hydrogens (tertiary/aromatic N) is 1. The maximum absolute atomic E-state index is 12.6. The van der Waals surface area contributed by atoms with E-state index in [4.69, 9.17) is 13.9 Å². The smallest absolute Gasteiger partial charge is 0.340 e. The fourth-order valence-electron chi connectivity index (χ4n) is 3.08. The van der Waals surface area contributed by atoms with Crippen LogP contribution in [0.4, 0.5) is 0 Å². The second-order valence-corrected chi connectivity index (χ2v) is 6.59. The van der Waals surface area contributed by atoms with Gasteiger partial charge >= 0.3 is 5.97 Å². The molecule has 0 radical (unpaired) electrons. The van der Waals surface area contributed by atoms with Crippen molar-refractivity contribution in [2.45, 2.75) is 33.4 Å². The normalized spacial score (nSPS) is 11.9. The molecule has 146 valence electrons. The van der Waals surface area contributed by atoms with Crippen molar-refractivity contribution in [2.24, 2.45) is 0 Å². The summed E-state index contributed by atoms with van der Waals surface area (Å²) in [5.41, 5.74) is 2.58. The molecule has 0 saturated heterocycles. The first-order valence-electron chi connectivity index (χ1n) is 8.99. The van der Waals surface area contributed by atoms with Gasteiger partial charge < -0.3 is 18.5 Å². The summed E-state index contributed by atoms with van der Waals surface area (Å²) < 4.78 is 17.9. The molecule has 0 unspecified atom stereocenters. The Kier molecular flexibility index (Phi) is 5.68. The Morgan fingerprint density at radius 2 is 1.86 bits per heavy atom.